The lowest BCUT2D eigenvalue weighted by molar-refractivity contribution is 0.0994. The Bertz CT molecular complexity index is 798. The van der Waals surface area contributed by atoms with E-state index in [2.05, 4.69) is 54.2 Å². The molecular weight excluding hydrogens is 342 g/mol. The van der Waals surface area contributed by atoms with Gasteiger partial charge in [0.1, 0.15) is 5.82 Å². The van der Waals surface area contributed by atoms with Crippen LogP contribution in [-0.4, -0.2) is 25.8 Å². The standard InChI is InChI=1S/C21H27N3OS/c1-6-13-24-19(16-7-8-16)22-23-20(24)26-14(2)18(25)15-9-11-17(12-10-15)21(3,4)5/h6,9-12,14,16H,1,7-8,13H2,2-5H3. The van der Waals surface area contributed by atoms with E-state index in [-0.39, 0.29) is 16.4 Å². The number of Topliss-reactive ketones (excluding diaryl/α,β-unsaturated/α-hetero) is 1. The molecule has 1 heterocycles. The van der Waals surface area contributed by atoms with E-state index in [1.165, 1.54) is 30.2 Å². The van der Waals surface area contributed by atoms with Gasteiger partial charge in [-0.3, -0.25) is 4.79 Å². The van der Waals surface area contributed by atoms with Crippen LogP contribution in [0.1, 0.15) is 68.2 Å². The highest BCUT2D eigenvalue weighted by molar-refractivity contribution is 8.00. The summed E-state index contributed by atoms with van der Waals surface area (Å²) in [7, 11) is 0. The van der Waals surface area contributed by atoms with Gasteiger partial charge in [0, 0.05) is 18.0 Å². The molecule has 1 aromatic carbocycles. The molecule has 0 amide bonds. The minimum Gasteiger partial charge on any atom is -0.302 e. The fourth-order valence-corrected chi connectivity index (χ4v) is 3.85. The average molecular weight is 370 g/mol. The lowest BCUT2D eigenvalue weighted by Gasteiger charge is -2.19. The smallest absolute Gasteiger partial charge is 0.192 e. The Morgan fingerprint density at radius 3 is 2.50 bits per heavy atom. The first-order valence-corrected chi connectivity index (χ1v) is 10.0. The molecule has 1 atom stereocenters. The van der Waals surface area contributed by atoms with Crippen molar-refractivity contribution < 1.29 is 4.79 Å². The third-order valence-electron chi connectivity index (χ3n) is 4.69. The van der Waals surface area contributed by atoms with Gasteiger partial charge in [0.05, 0.1) is 5.25 Å². The molecule has 3 rings (SSSR count). The minimum atomic E-state index is -0.213. The molecule has 0 saturated heterocycles. The van der Waals surface area contributed by atoms with Crippen LogP contribution in [0.25, 0.3) is 0 Å². The molecule has 138 valence electrons. The van der Waals surface area contributed by atoms with E-state index < -0.39 is 0 Å². The van der Waals surface area contributed by atoms with Crippen molar-refractivity contribution in [2.45, 2.75) is 68.8 Å². The number of carbonyl (C=O) groups excluding carboxylic acids is 1. The molecule has 0 aliphatic heterocycles. The van der Waals surface area contributed by atoms with Crippen LogP contribution in [0.4, 0.5) is 0 Å². The van der Waals surface area contributed by atoms with Crippen molar-refractivity contribution in [3.8, 4) is 0 Å². The summed E-state index contributed by atoms with van der Waals surface area (Å²) in [5.41, 5.74) is 2.06. The number of allylic oxidation sites excluding steroid dienone is 1. The van der Waals surface area contributed by atoms with E-state index in [1.54, 1.807) is 0 Å². The second kappa shape index (κ2) is 7.39. The van der Waals surface area contributed by atoms with E-state index in [0.717, 1.165) is 16.5 Å². The lowest BCUT2D eigenvalue weighted by Crippen LogP contribution is -2.16. The fraction of sp³-hybridized carbons (Fsp3) is 0.476. The first-order chi connectivity index (χ1) is 12.3. The van der Waals surface area contributed by atoms with Gasteiger partial charge in [0.2, 0.25) is 0 Å². The molecule has 1 aliphatic carbocycles. The second-order valence-electron chi connectivity index (χ2n) is 7.97. The Balaban J connectivity index is 1.74. The van der Waals surface area contributed by atoms with Gasteiger partial charge in [0.15, 0.2) is 10.9 Å². The number of carbonyl (C=O) groups is 1. The van der Waals surface area contributed by atoms with Crippen molar-refractivity contribution in [1.29, 1.82) is 0 Å². The topological polar surface area (TPSA) is 47.8 Å². The third kappa shape index (κ3) is 4.09. The largest absolute Gasteiger partial charge is 0.302 e. The summed E-state index contributed by atoms with van der Waals surface area (Å²) in [6, 6.07) is 7.97. The lowest BCUT2D eigenvalue weighted by atomic mass is 9.86. The Hall–Kier alpha value is -1.88. The van der Waals surface area contributed by atoms with Gasteiger partial charge in [0.25, 0.3) is 0 Å². The van der Waals surface area contributed by atoms with Gasteiger partial charge in [-0.2, -0.15) is 0 Å². The fourth-order valence-electron chi connectivity index (χ4n) is 2.91. The van der Waals surface area contributed by atoms with Crippen LogP contribution < -0.4 is 0 Å². The van der Waals surface area contributed by atoms with E-state index >= 15 is 0 Å². The zero-order chi connectivity index (χ0) is 18.9. The Labute approximate surface area is 160 Å². The molecule has 1 fully saturated rings. The van der Waals surface area contributed by atoms with Gasteiger partial charge in [-0.05, 0) is 30.7 Å². The van der Waals surface area contributed by atoms with Gasteiger partial charge < -0.3 is 4.57 Å². The maximum atomic E-state index is 12.8. The minimum absolute atomic E-state index is 0.0856. The monoisotopic (exact) mass is 369 g/mol. The molecule has 0 radical (unpaired) electrons. The Kier molecular flexibility index (Phi) is 5.37. The van der Waals surface area contributed by atoms with Crippen LogP contribution in [0, 0.1) is 0 Å². The number of rotatable bonds is 7. The normalized spacial score (nSPS) is 15.7. The van der Waals surface area contributed by atoms with Crippen molar-refractivity contribution in [3.63, 3.8) is 0 Å². The molecule has 5 heteroatoms. The van der Waals surface area contributed by atoms with Gasteiger partial charge in [-0.1, -0.05) is 62.9 Å². The van der Waals surface area contributed by atoms with Gasteiger partial charge in [-0.15, -0.1) is 16.8 Å². The predicted molar refractivity (Wildman–Crippen MR) is 107 cm³/mol. The molecular formula is C21H27N3OS. The molecule has 0 N–H and O–H groups in total. The molecule has 26 heavy (non-hydrogen) atoms. The zero-order valence-corrected chi connectivity index (χ0v) is 16.8. The van der Waals surface area contributed by atoms with E-state index in [1.807, 2.05) is 25.1 Å². The summed E-state index contributed by atoms with van der Waals surface area (Å²) >= 11 is 1.48. The number of benzene rings is 1. The Morgan fingerprint density at radius 2 is 1.96 bits per heavy atom. The molecule has 0 spiro atoms. The molecule has 1 aliphatic rings. The van der Waals surface area contributed by atoms with Crippen LogP contribution in [0.15, 0.2) is 42.1 Å². The number of nitrogens with zero attached hydrogens (tertiary/aromatic N) is 3. The Morgan fingerprint density at radius 1 is 1.31 bits per heavy atom. The summed E-state index contributed by atoms with van der Waals surface area (Å²) in [4.78, 5) is 12.8. The number of hydrogen-bond acceptors (Lipinski definition) is 4. The van der Waals surface area contributed by atoms with Crippen molar-refractivity contribution in [1.82, 2.24) is 14.8 Å². The van der Waals surface area contributed by atoms with Crippen molar-refractivity contribution in [3.05, 3.63) is 53.9 Å². The highest BCUT2D eigenvalue weighted by atomic mass is 32.2. The number of ketones is 1. The first kappa shape index (κ1) is 18.9. The zero-order valence-electron chi connectivity index (χ0n) is 16.0. The highest BCUT2D eigenvalue weighted by Gasteiger charge is 2.31. The van der Waals surface area contributed by atoms with Crippen LogP contribution in [-0.2, 0) is 12.0 Å². The second-order valence-corrected chi connectivity index (χ2v) is 9.27. The van der Waals surface area contributed by atoms with E-state index in [0.29, 0.717) is 12.5 Å². The molecule has 4 nitrogen and oxygen atoms in total. The van der Waals surface area contributed by atoms with E-state index in [4.69, 9.17) is 0 Å². The van der Waals surface area contributed by atoms with Crippen LogP contribution >= 0.6 is 11.8 Å². The molecule has 1 aromatic heterocycles. The van der Waals surface area contributed by atoms with Crippen LogP contribution in [0.3, 0.4) is 0 Å². The maximum absolute atomic E-state index is 12.8. The van der Waals surface area contributed by atoms with Crippen LogP contribution in [0.5, 0.6) is 0 Å². The number of aromatic nitrogens is 3. The van der Waals surface area contributed by atoms with Crippen molar-refractivity contribution >= 4 is 17.5 Å². The first-order valence-electron chi connectivity index (χ1n) is 9.16. The number of hydrogen-bond donors (Lipinski definition) is 0. The highest BCUT2D eigenvalue weighted by Crippen LogP contribution is 2.40. The SMILES string of the molecule is C=CCn1c(SC(C)C(=O)c2ccc(C(C)(C)C)cc2)nnc1C1CC1. The van der Waals surface area contributed by atoms with Crippen molar-refractivity contribution in [2.24, 2.45) is 0 Å². The van der Waals surface area contributed by atoms with Gasteiger partial charge >= 0.3 is 0 Å². The summed E-state index contributed by atoms with van der Waals surface area (Å²) in [6.45, 7) is 13.0. The number of thioether (sulfide) groups is 1. The summed E-state index contributed by atoms with van der Waals surface area (Å²) < 4.78 is 2.10. The van der Waals surface area contributed by atoms with E-state index in [9.17, 15) is 4.79 Å². The predicted octanol–water partition coefficient (Wildman–Crippen LogP) is 5.00. The molecule has 1 unspecified atom stereocenters. The summed E-state index contributed by atoms with van der Waals surface area (Å²) in [5.74, 6) is 1.67. The molecule has 1 saturated carbocycles. The van der Waals surface area contributed by atoms with Crippen molar-refractivity contribution in [2.75, 3.05) is 0 Å². The molecule has 0 bridgehead atoms. The van der Waals surface area contributed by atoms with Gasteiger partial charge in [-0.25, -0.2) is 0 Å². The quantitative estimate of drug-likeness (QED) is 0.391. The summed E-state index contributed by atoms with van der Waals surface area (Å²) in [5, 5.41) is 9.28. The van der Waals surface area contributed by atoms with Crippen LogP contribution in [0.2, 0.25) is 0 Å². The average Bonchev–Trinajstić information content (AvgIpc) is 3.37. The maximum Gasteiger partial charge on any atom is 0.192 e. The third-order valence-corrected chi connectivity index (χ3v) is 5.77. The molecule has 2 aromatic rings. The summed E-state index contributed by atoms with van der Waals surface area (Å²) in [6.07, 6.45) is 4.21.